The van der Waals surface area contributed by atoms with Gasteiger partial charge in [0.25, 0.3) is 0 Å². The van der Waals surface area contributed by atoms with E-state index in [2.05, 4.69) is 4.90 Å². The molecule has 3 N–H and O–H groups in total. The van der Waals surface area contributed by atoms with Crippen molar-refractivity contribution in [2.75, 3.05) is 6.54 Å². The molecule has 4 nitrogen and oxygen atoms in total. The van der Waals surface area contributed by atoms with Crippen molar-refractivity contribution < 1.29 is 9.90 Å². The summed E-state index contributed by atoms with van der Waals surface area (Å²) in [6, 6.07) is 0.292. The van der Waals surface area contributed by atoms with Gasteiger partial charge < -0.3 is 10.8 Å². The molecule has 1 heterocycles. The number of rotatable bonds is 2. The van der Waals surface area contributed by atoms with Crippen molar-refractivity contribution >= 4 is 5.91 Å². The molecule has 0 aromatic rings. The number of β-amino-alcohol motifs (C(OH)–C–C–N with tert-alkyl or cyclic N) is 1. The second-order valence-corrected chi connectivity index (χ2v) is 7.43. The molecule has 19 heavy (non-hydrogen) atoms. The van der Waals surface area contributed by atoms with Gasteiger partial charge in [0.1, 0.15) is 0 Å². The number of aliphatic hydroxyl groups excluding tert-OH is 1. The molecule has 0 radical (unpaired) electrons. The summed E-state index contributed by atoms with van der Waals surface area (Å²) in [5.41, 5.74) is 5.55. The van der Waals surface area contributed by atoms with Crippen molar-refractivity contribution in [3.63, 3.8) is 0 Å². The number of carbonyl (C=O) groups is 1. The van der Waals surface area contributed by atoms with Gasteiger partial charge in [-0.2, -0.15) is 0 Å². The van der Waals surface area contributed by atoms with Gasteiger partial charge in [0.15, 0.2) is 0 Å². The van der Waals surface area contributed by atoms with Crippen LogP contribution in [0.5, 0.6) is 0 Å². The zero-order valence-electron chi connectivity index (χ0n) is 11.4. The highest BCUT2D eigenvalue weighted by molar-refractivity contribution is 5.80. The first kappa shape index (κ1) is 12.2. The molecule has 106 valence electrons. The monoisotopic (exact) mass is 264 g/mol. The first-order valence-electron chi connectivity index (χ1n) is 7.85. The normalized spacial score (nSPS) is 52.8. The fraction of sp³-hybridized carbons (Fsp3) is 0.933. The number of nitrogens with zero attached hydrogens (tertiary/aromatic N) is 1. The molecule has 0 spiro atoms. The lowest BCUT2D eigenvalue weighted by atomic mass is 9.54. The molecule has 1 amide bonds. The van der Waals surface area contributed by atoms with E-state index in [9.17, 15) is 9.90 Å². The lowest BCUT2D eigenvalue weighted by Gasteiger charge is -2.57. The minimum atomic E-state index is -0.366. The van der Waals surface area contributed by atoms with Crippen molar-refractivity contribution in [3.8, 4) is 0 Å². The van der Waals surface area contributed by atoms with Gasteiger partial charge in [-0.15, -0.1) is 0 Å². The van der Waals surface area contributed by atoms with Crippen molar-refractivity contribution in [2.24, 2.45) is 29.4 Å². The van der Waals surface area contributed by atoms with Crippen LogP contribution < -0.4 is 5.73 Å². The van der Waals surface area contributed by atoms with Crippen molar-refractivity contribution in [3.05, 3.63) is 0 Å². The predicted octanol–water partition coefficient (Wildman–Crippen LogP) is 0.732. The van der Waals surface area contributed by atoms with Crippen LogP contribution in [0, 0.1) is 23.7 Å². The van der Waals surface area contributed by atoms with Crippen LogP contribution in [-0.2, 0) is 4.79 Å². The third-order valence-electron chi connectivity index (χ3n) is 6.21. The third kappa shape index (κ3) is 1.83. The molecular formula is C15H24N2O2. The molecule has 2 atom stereocenters. The lowest BCUT2D eigenvalue weighted by molar-refractivity contribution is -0.127. The summed E-state index contributed by atoms with van der Waals surface area (Å²) in [6.07, 6.45) is 6.99. The van der Waals surface area contributed by atoms with Gasteiger partial charge in [-0.05, 0) is 62.2 Å². The van der Waals surface area contributed by atoms with E-state index in [4.69, 9.17) is 5.73 Å². The van der Waals surface area contributed by atoms with Crippen LogP contribution in [0.1, 0.15) is 38.5 Å². The van der Waals surface area contributed by atoms with Crippen LogP contribution in [0.4, 0.5) is 0 Å². The Morgan fingerprint density at radius 3 is 2.11 bits per heavy atom. The minimum absolute atomic E-state index is 0.225. The van der Waals surface area contributed by atoms with E-state index < -0.39 is 0 Å². The number of primary amides is 1. The summed E-state index contributed by atoms with van der Waals surface area (Å²) in [4.78, 5) is 13.9. The Hall–Kier alpha value is -0.610. The minimum Gasteiger partial charge on any atom is -0.392 e. The molecule has 4 bridgehead atoms. The first-order valence-corrected chi connectivity index (χ1v) is 7.85. The SMILES string of the molecule is NC(=O)[C@H]1C[C@@H](O)CN1C1C2CC3CC(C2)CC1C3. The molecule has 4 aliphatic carbocycles. The Labute approximate surface area is 114 Å². The smallest absolute Gasteiger partial charge is 0.234 e. The Balaban J connectivity index is 1.60. The number of carbonyl (C=O) groups excluding carboxylic acids is 1. The Morgan fingerprint density at radius 2 is 1.58 bits per heavy atom. The number of hydrogen-bond donors (Lipinski definition) is 2. The molecule has 0 unspecified atom stereocenters. The fourth-order valence-corrected chi connectivity index (χ4v) is 5.89. The van der Waals surface area contributed by atoms with E-state index in [0.29, 0.717) is 19.0 Å². The lowest BCUT2D eigenvalue weighted by Crippen LogP contribution is -2.58. The average Bonchev–Trinajstić information content (AvgIpc) is 2.70. The summed E-state index contributed by atoms with van der Waals surface area (Å²) in [5, 5.41) is 9.92. The number of amides is 1. The maximum Gasteiger partial charge on any atom is 0.234 e. The van der Waals surface area contributed by atoms with Gasteiger partial charge in [-0.3, -0.25) is 9.69 Å². The largest absolute Gasteiger partial charge is 0.392 e. The molecule has 5 fully saturated rings. The predicted molar refractivity (Wildman–Crippen MR) is 71.1 cm³/mol. The van der Waals surface area contributed by atoms with E-state index in [1.165, 1.54) is 32.1 Å². The van der Waals surface area contributed by atoms with Gasteiger partial charge in [-0.1, -0.05) is 0 Å². The van der Waals surface area contributed by atoms with Gasteiger partial charge in [0, 0.05) is 12.6 Å². The summed E-state index contributed by atoms with van der Waals surface area (Å²) in [6.45, 7) is 0.653. The van der Waals surface area contributed by atoms with Gasteiger partial charge in [-0.25, -0.2) is 0 Å². The highest BCUT2D eigenvalue weighted by Gasteiger charge is 2.53. The first-order chi connectivity index (χ1) is 9.11. The van der Waals surface area contributed by atoms with Crippen LogP contribution in [0.2, 0.25) is 0 Å². The van der Waals surface area contributed by atoms with Crippen molar-refractivity contribution in [2.45, 2.75) is 56.7 Å². The molecule has 1 aliphatic heterocycles. The Kier molecular flexibility index (Phi) is 2.68. The van der Waals surface area contributed by atoms with Gasteiger partial charge in [0.05, 0.1) is 12.1 Å². The summed E-state index contributed by atoms with van der Waals surface area (Å²) < 4.78 is 0. The van der Waals surface area contributed by atoms with Gasteiger partial charge >= 0.3 is 0 Å². The van der Waals surface area contributed by atoms with Crippen LogP contribution >= 0.6 is 0 Å². The Bertz CT molecular complexity index is 370. The second-order valence-electron chi connectivity index (χ2n) is 7.43. The zero-order valence-corrected chi connectivity index (χ0v) is 11.4. The molecule has 5 aliphatic rings. The number of likely N-dealkylation sites (tertiary alicyclic amines) is 1. The van der Waals surface area contributed by atoms with Gasteiger partial charge in [0.2, 0.25) is 5.91 Å². The number of nitrogens with two attached hydrogens (primary N) is 1. The van der Waals surface area contributed by atoms with Crippen molar-refractivity contribution in [1.82, 2.24) is 4.90 Å². The molecule has 0 aromatic heterocycles. The maximum atomic E-state index is 11.7. The van der Waals surface area contributed by atoms with Crippen LogP contribution in [0.3, 0.4) is 0 Å². The van der Waals surface area contributed by atoms with Crippen LogP contribution in [-0.4, -0.2) is 40.6 Å². The van der Waals surface area contributed by atoms with E-state index in [-0.39, 0.29) is 18.1 Å². The quantitative estimate of drug-likeness (QED) is 0.773. The summed E-state index contributed by atoms with van der Waals surface area (Å²) in [7, 11) is 0. The molecule has 4 heteroatoms. The van der Waals surface area contributed by atoms with E-state index in [0.717, 1.165) is 23.7 Å². The average molecular weight is 264 g/mol. The molecular weight excluding hydrogens is 240 g/mol. The highest BCUT2D eigenvalue weighted by Crippen LogP contribution is 2.55. The fourth-order valence-electron chi connectivity index (χ4n) is 5.89. The van der Waals surface area contributed by atoms with E-state index in [1.807, 2.05) is 0 Å². The van der Waals surface area contributed by atoms with Crippen molar-refractivity contribution in [1.29, 1.82) is 0 Å². The number of aliphatic hydroxyl groups is 1. The Morgan fingerprint density at radius 1 is 1.00 bits per heavy atom. The summed E-state index contributed by atoms with van der Waals surface area (Å²) in [5.74, 6) is 3.15. The third-order valence-corrected chi connectivity index (χ3v) is 6.21. The summed E-state index contributed by atoms with van der Waals surface area (Å²) >= 11 is 0. The standard InChI is InChI=1S/C15H24N2O2/c16-15(19)13-6-12(18)7-17(13)14-10-2-8-1-9(4-10)5-11(14)3-8/h8-14,18H,1-7H2,(H2,16,19)/t8?,9?,10?,11?,12-,13-,14?/m1/s1. The number of hydrogen-bond acceptors (Lipinski definition) is 3. The topological polar surface area (TPSA) is 66.6 Å². The highest BCUT2D eigenvalue weighted by atomic mass is 16.3. The second kappa shape index (κ2) is 4.19. The zero-order chi connectivity index (χ0) is 13.1. The van der Waals surface area contributed by atoms with E-state index in [1.54, 1.807) is 0 Å². The molecule has 1 saturated heterocycles. The van der Waals surface area contributed by atoms with E-state index >= 15 is 0 Å². The van der Waals surface area contributed by atoms with Crippen LogP contribution in [0.25, 0.3) is 0 Å². The molecule has 5 rings (SSSR count). The molecule has 0 aromatic carbocycles. The van der Waals surface area contributed by atoms with Crippen LogP contribution in [0.15, 0.2) is 0 Å². The molecule has 4 saturated carbocycles. The maximum absolute atomic E-state index is 11.7.